The van der Waals surface area contributed by atoms with Crippen molar-refractivity contribution in [2.45, 2.75) is 49.1 Å². The molecule has 0 amide bonds. The Morgan fingerprint density at radius 3 is 1.82 bits per heavy atom. The van der Waals surface area contributed by atoms with E-state index >= 15 is 0 Å². The van der Waals surface area contributed by atoms with Gasteiger partial charge in [-0.05, 0) is 12.6 Å². The van der Waals surface area contributed by atoms with Gasteiger partial charge in [0.15, 0.2) is 48.5 Å². The van der Waals surface area contributed by atoms with Crippen LogP contribution in [-0.4, -0.2) is 112 Å². The molecule has 3 aliphatic heterocycles. The van der Waals surface area contributed by atoms with E-state index < -0.39 is 62.2 Å². The lowest BCUT2D eigenvalue weighted by Crippen LogP contribution is -2.38. The zero-order valence-corrected chi connectivity index (χ0v) is 26.7. The molecule has 0 radical (unpaired) electrons. The molecular formula is C22H29N11O8P2S2. The first kappa shape index (κ1) is 31.1. The number of fused-ring (bicyclic) bond motifs is 4. The van der Waals surface area contributed by atoms with Crippen LogP contribution in [-0.2, 0) is 27.6 Å². The molecule has 23 heteroatoms. The molecule has 1 unspecified atom stereocenters. The monoisotopic (exact) mass is 701 g/mol. The molecule has 7 heterocycles. The number of ether oxygens (including phenoxy) is 2. The summed E-state index contributed by atoms with van der Waals surface area (Å²) in [4.78, 5) is 24.8. The van der Waals surface area contributed by atoms with Crippen molar-refractivity contribution in [2.75, 3.05) is 30.4 Å². The summed E-state index contributed by atoms with van der Waals surface area (Å²) in [5.74, 6) is 0.153. The van der Waals surface area contributed by atoms with E-state index in [0.29, 0.717) is 11.2 Å². The summed E-state index contributed by atoms with van der Waals surface area (Å²) in [7, 11) is 0. The summed E-state index contributed by atoms with van der Waals surface area (Å²) < 4.78 is 39.8. The van der Waals surface area contributed by atoms with Crippen LogP contribution in [0.4, 0.5) is 17.6 Å². The molecular weight excluding hydrogens is 672 g/mol. The maximum absolute atomic E-state index is 11.5. The normalized spacial score (nSPS) is 37.7. The number of nitrogens with two attached hydrogens (primary N) is 3. The van der Waals surface area contributed by atoms with Crippen LogP contribution in [0.3, 0.4) is 0 Å². The van der Waals surface area contributed by atoms with Crippen molar-refractivity contribution in [2.24, 2.45) is 0 Å². The van der Waals surface area contributed by atoms with E-state index in [4.69, 9.17) is 44.8 Å². The minimum atomic E-state index is -3.23. The number of rotatable bonds is 2. The molecule has 4 aromatic heterocycles. The van der Waals surface area contributed by atoms with Gasteiger partial charge in [-0.1, -0.05) is 24.5 Å². The SMILES string of the molecule is C=[P@]1(S)OC[C@H]2OC(n3cnc4c(N)nc(N)nc43)[C@H](O)[C@@H]2O[P@@](=C)(S)OC[C@@H]2O[C@H](n3cnc4c(N)ncnc43)[C@H](O)[C@H]2O1. The Labute approximate surface area is 264 Å². The molecule has 10 atom stereocenters. The van der Waals surface area contributed by atoms with E-state index in [-0.39, 0.29) is 42.0 Å². The molecule has 0 bridgehead atoms. The molecule has 0 aromatic carbocycles. The molecule has 0 spiro atoms. The molecule has 4 aromatic rings. The standard InChI is InChI=1S/C22H29N11O8P2S2/c1-42(44)37-4-9-15(13(35)21(39-9)33-7-29-11-17(24)30-22(25)31-19(11)33)41-43(2,45)36-3-8-14(40-42)12(34)20(38-8)32-6-28-10-16(23)26-5-27-18(10)32/h5-9,12-15,20-21,34-35,44-45H,1-4H2,(H2,23,26,27)(H4,24,25,30,31)/t8-,9+,12+,13+,14-,15+,20-,21?,42-,43-/m0/s1. The highest BCUT2D eigenvalue weighted by Gasteiger charge is 2.51. The van der Waals surface area contributed by atoms with Gasteiger partial charge in [0, 0.05) is 0 Å². The number of hydrogen-bond acceptors (Lipinski definition) is 19. The van der Waals surface area contributed by atoms with E-state index in [9.17, 15) is 10.2 Å². The fraction of sp³-hybridized carbons (Fsp3) is 0.455. The van der Waals surface area contributed by atoms with Crippen LogP contribution < -0.4 is 17.2 Å². The van der Waals surface area contributed by atoms with Gasteiger partial charge in [-0.3, -0.25) is 9.13 Å². The smallest absolute Gasteiger partial charge is 0.224 e. The summed E-state index contributed by atoms with van der Waals surface area (Å²) in [6.07, 6.45) is 3.59. The van der Waals surface area contributed by atoms with Gasteiger partial charge in [0.05, 0.1) is 25.9 Å². The van der Waals surface area contributed by atoms with Crippen LogP contribution in [0, 0.1) is 0 Å². The van der Waals surface area contributed by atoms with E-state index in [1.54, 1.807) is 0 Å². The molecule has 45 heavy (non-hydrogen) atoms. The predicted molar refractivity (Wildman–Crippen MR) is 171 cm³/mol. The van der Waals surface area contributed by atoms with E-state index in [2.05, 4.69) is 67.0 Å². The Kier molecular flexibility index (Phi) is 7.82. The topological polar surface area (TPSA) is 261 Å². The lowest BCUT2D eigenvalue weighted by molar-refractivity contribution is -0.0529. The zero-order valence-electron chi connectivity index (χ0n) is 23.1. The first-order valence-electron chi connectivity index (χ1n) is 13.3. The third kappa shape index (κ3) is 5.60. The highest BCUT2D eigenvalue weighted by Crippen LogP contribution is 2.59. The Hall–Kier alpha value is -2.52. The van der Waals surface area contributed by atoms with Crippen LogP contribution >= 0.6 is 37.6 Å². The second kappa shape index (κ2) is 11.3. The summed E-state index contributed by atoms with van der Waals surface area (Å²) in [6.45, 7) is -6.84. The maximum atomic E-state index is 11.5. The fourth-order valence-corrected chi connectivity index (χ4v) is 8.66. The van der Waals surface area contributed by atoms with Crippen molar-refractivity contribution in [3.05, 3.63) is 19.0 Å². The van der Waals surface area contributed by atoms with Crippen molar-refractivity contribution < 1.29 is 37.8 Å². The van der Waals surface area contributed by atoms with Crippen molar-refractivity contribution in [3.63, 3.8) is 0 Å². The number of aliphatic hydroxyl groups excluding tert-OH is 2. The molecule has 3 aliphatic rings. The van der Waals surface area contributed by atoms with Gasteiger partial charge in [0.2, 0.25) is 5.95 Å². The van der Waals surface area contributed by atoms with Gasteiger partial charge in [-0.2, -0.15) is 9.97 Å². The number of hydrogen-bond donors (Lipinski definition) is 7. The minimum Gasteiger partial charge on any atom is -0.386 e. The van der Waals surface area contributed by atoms with Gasteiger partial charge >= 0.3 is 0 Å². The van der Waals surface area contributed by atoms with E-state index in [0.717, 1.165) is 0 Å². The Morgan fingerprint density at radius 2 is 1.27 bits per heavy atom. The Bertz CT molecular complexity index is 1880. The molecule has 0 saturated carbocycles. The van der Waals surface area contributed by atoms with E-state index in [1.807, 2.05) is 0 Å². The summed E-state index contributed by atoms with van der Waals surface area (Å²) in [5, 5.41) is 22.9. The van der Waals surface area contributed by atoms with Gasteiger partial charge in [0.25, 0.3) is 0 Å². The zero-order chi connectivity index (χ0) is 31.8. The van der Waals surface area contributed by atoms with Crippen molar-refractivity contribution in [3.8, 4) is 0 Å². The maximum Gasteiger partial charge on any atom is 0.224 e. The average molecular weight is 702 g/mol. The van der Waals surface area contributed by atoms with Gasteiger partial charge in [0.1, 0.15) is 54.0 Å². The van der Waals surface area contributed by atoms with Crippen LogP contribution in [0.5, 0.6) is 0 Å². The summed E-state index contributed by atoms with van der Waals surface area (Å²) in [6, 6.07) is 0. The van der Waals surface area contributed by atoms with Crippen LogP contribution in [0.1, 0.15) is 12.5 Å². The number of nitrogens with zero attached hydrogens (tertiary/aromatic N) is 8. The number of imidazole rings is 2. The second-order valence-corrected chi connectivity index (χ2v) is 17.6. The molecule has 19 nitrogen and oxygen atoms in total. The first-order chi connectivity index (χ1) is 21.3. The van der Waals surface area contributed by atoms with Crippen LogP contribution in [0.2, 0.25) is 0 Å². The summed E-state index contributed by atoms with van der Waals surface area (Å²) >= 11 is 9.14. The average Bonchev–Trinajstić information content (AvgIpc) is 3.72. The molecule has 0 aliphatic carbocycles. The number of aliphatic hydroxyl groups is 2. The fourth-order valence-electron chi connectivity index (χ4n) is 5.45. The largest absolute Gasteiger partial charge is 0.386 e. The van der Waals surface area contributed by atoms with Crippen molar-refractivity contribution >= 4 is 90.1 Å². The number of aromatic nitrogens is 8. The minimum absolute atomic E-state index is 0.0657. The van der Waals surface area contributed by atoms with Gasteiger partial charge in [-0.25, -0.2) is 19.9 Å². The van der Waals surface area contributed by atoms with Gasteiger partial charge < -0.3 is 55.0 Å². The Balaban J connectivity index is 1.17. The lowest BCUT2D eigenvalue weighted by atomic mass is 10.1. The highest BCUT2D eigenvalue weighted by atomic mass is 32.7. The second-order valence-electron chi connectivity index (χ2n) is 10.5. The van der Waals surface area contributed by atoms with Crippen molar-refractivity contribution in [1.82, 2.24) is 39.0 Å². The molecule has 242 valence electrons. The quantitative estimate of drug-likeness (QED) is 0.107. The third-order valence-electron chi connectivity index (χ3n) is 7.47. The summed E-state index contributed by atoms with van der Waals surface area (Å²) in [5.41, 5.74) is 18.9. The molecule has 8 N–H and O–H groups in total. The predicted octanol–water partition coefficient (Wildman–Crippen LogP) is -0.00460. The third-order valence-corrected chi connectivity index (χ3v) is 11.0. The van der Waals surface area contributed by atoms with Crippen LogP contribution in [0.25, 0.3) is 22.3 Å². The molecule has 3 saturated heterocycles. The van der Waals surface area contributed by atoms with Crippen LogP contribution in [0.15, 0.2) is 19.0 Å². The Morgan fingerprint density at radius 1 is 0.756 bits per heavy atom. The van der Waals surface area contributed by atoms with E-state index in [1.165, 1.54) is 28.1 Å². The first-order valence-corrected chi connectivity index (χ1v) is 19.2. The highest BCUT2D eigenvalue weighted by molar-refractivity contribution is 8.48. The lowest BCUT2D eigenvalue weighted by Gasteiger charge is -2.32. The number of nitrogen functional groups attached to an aromatic ring is 3. The molecule has 3 fully saturated rings. The number of anilines is 3. The molecule has 7 rings (SSSR count). The van der Waals surface area contributed by atoms with Gasteiger partial charge in [-0.15, -0.1) is 0 Å². The van der Waals surface area contributed by atoms with Crippen molar-refractivity contribution in [1.29, 1.82) is 0 Å². The number of thiol groups is 2.